The van der Waals surface area contributed by atoms with Crippen molar-refractivity contribution in [1.29, 1.82) is 0 Å². The second-order valence-corrected chi connectivity index (χ2v) is 5.42. The quantitative estimate of drug-likeness (QED) is 0.692. The molecule has 88 valence electrons. The van der Waals surface area contributed by atoms with Crippen molar-refractivity contribution >= 4 is 11.2 Å². The Kier molecular flexibility index (Phi) is 2.61. The maximum Gasteiger partial charge on any atom is 0.229 e. The van der Waals surface area contributed by atoms with E-state index in [4.69, 9.17) is 9.15 Å². The Balaban J connectivity index is 2.68. The van der Waals surface area contributed by atoms with Crippen LogP contribution >= 0.6 is 0 Å². The van der Waals surface area contributed by atoms with Crippen molar-refractivity contribution in [3.8, 4) is 0 Å². The molecule has 2 aromatic rings. The molecule has 2 rings (SSSR count). The van der Waals surface area contributed by atoms with Crippen molar-refractivity contribution in [2.45, 2.75) is 52.4 Å². The first kappa shape index (κ1) is 11.3. The summed E-state index contributed by atoms with van der Waals surface area (Å²) in [6.07, 6.45) is 1.09. The van der Waals surface area contributed by atoms with E-state index in [9.17, 15) is 0 Å². The second-order valence-electron chi connectivity index (χ2n) is 5.42. The van der Waals surface area contributed by atoms with Gasteiger partial charge in [-0.3, -0.25) is 9.15 Å². The summed E-state index contributed by atoms with van der Waals surface area (Å²) in [5.41, 5.74) is 4.64. The van der Waals surface area contributed by atoms with Crippen LogP contribution in [0.4, 0.5) is 0 Å². The molecule has 0 unspecified atom stereocenters. The molecule has 0 aliphatic heterocycles. The summed E-state index contributed by atoms with van der Waals surface area (Å²) in [6, 6.07) is 4.17. The van der Waals surface area contributed by atoms with E-state index in [-0.39, 0.29) is 5.41 Å². The van der Waals surface area contributed by atoms with Gasteiger partial charge in [0.15, 0.2) is 0 Å². The third-order valence-electron chi connectivity index (χ3n) is 3.55. The first-order valence-corrected chi connectivity index (χ1v) is 5.99. The number of benzene rings is 1. The van der Waals surface area contributed by atoms with Crippen LogP contribution in [0.15, 0.2) is 21.3 Å². The standard InChI is InChI=1S/C14H20O2/c1-6-14(4,5)12-10(9(2)3)7-8-11-13(12)16-15-11/h7-9H,6H2,1-5H3. The lowest BCUT2D eigenvalue weighted by Crippen LogP contribution is -2.19. The fraction of sp³-hybridized carbons (Fsp3) is 0.571. The van der Waals surface area contributed by atoms with Crippen molar-refractivity contribution in [2.24, 2.45) is 0 Å². The second kappa shape index (κ2) is 3.69. The summed E-state index contributed by atoms with van der Waals surface area (Å²) in [4.78, 5) is 0. The molecule has 1 heterocycles. The van der Waals surface area contributed by atoms with Gasteiger partial charge in [-0.1, -0.05) is 40.7 Å². The number of hydrogen-bond acceptors (Lipinski definition) is 2. The van der Waals surface area contributed by atoms with Crippen LogP contribution < -0.4 is 0 Å². The zero-order valence-corrected chi connectivity index (χ0v) is 10.8. The molecular weight excluding hydrogens is 200 g/mol. The van der Waals surface area contributed by atoms with Gasteiger partial charge in [-0.05, 0) is 29.4 Å². The lowest BCUT2D eigenvalue weighted by atomic mass is 9.77. The predicted molar refractivity (Wildman–Crippen MR) is 65.9 cm³/mol. The third-order valence-corrected chi connectivity index (χ3v) is 3.55. The number of fused-ring (bicyclic) bond motifs is 1. The van der Waals surface area contributed by atoms with Crippen LogP contribution in [0.1, 0.15) is 58.1 Å². The van der Waals surface area contributed by atoms with Crippen molar-refractivity contribution in [2.75, 3.05) is 0 Å². The normalized spacial score (nSPS) is 12.9. The maximum atomic E-state index is 5.19. The summed E-state index contributed by atoms with van der Waals surface area (Å²) >= 11 is 0. The molecule has 2 nitrogen and oxygen atoms in total. The van der Waals surface area contributed by atoms with E-state index in [0.717, 1.165) is 17.6 Å². The van der Waals surface area contributed by atoms with Gasteiger partial charge >= 0.3 is 0 Å². The highest BCUT2D eigenvalue weighted by Gasteiger charge is 2.29. The predicted octanol–water partition coefficient (Wildman–Crippen LogP) is 4.84. The Labute approximate surface area is 96.5 Å². The Morgan fingerprint density at radius 3 is 2.31 bits per heavy atom. The summed E-state index contributed by atoms with van der Waals surface area (Å²) < 4.78 is 10.2. The third kappa shape index (κ3) is 1.57. The zero-order valence-electron chi connectivity index (χ0n) is 10.8. The molecular formula is C14H20O2. The molecule has 0 amide bonds. The van der Waals surface area contributed by atoms with E-state index in [1.807, 2.05) is 6.07 Å². The van der Waals surface area contributed by atoms with Gasteiger partial charge in [-0.2, -0.15) is 0 Å². The Morgan fingerprint density at radius 2 is 1.88 bits per heavy atom. The summed E-state index contributed by atoms with van der Waals surface area (Å²) in [7, 11) is 0. The highest BCUT2D eigenvalue weighted by Crippen LogP contribution is 2.39. The lowest BCUT2D eigenvalue weighted by Gasteiger charge is -2.28. The van der Waals surface area contributed by atoms with Crippen molar-refractivity contribution in [1.82, 2.24) is 0 Å². The van der Waals surface area contributed by atoms with Crippen LogP contribution in [0.25, 0.3) is 11.2 Å². The zero-order chi connectivity index (χ0) is 11.9. The van der Waals surface area contributed by atoms with Gasteiger partial charge < -0.3 is 0 Å². The van der Waals surface area contributed by atoms with E-state index in [1.54, 1.807) is 0 Å². The Morgan fingerprint density at radius 1 is 1.19 bits per heavy atom. The van der Waals surface area contributed by atoms with Crippen LogP contribution in [0, 0.1) is 0 Å². The van der Waals surface area contributed by atoms with Crippen LogP contribution in [-0.2, 0) is 5.41 Å². The minimum absolute atomic E-state index is 0.134. The monoisotopic (exact) mass is 220 g/mol. The fourth-order valence-electron chi connectivity index (χ4n) is 2.14. The van der Waals surface area contributed by atoms with Crippen molar-refractivity contribution in [3.63, 3.8) is 0 Å². The van der Waals surface area contributed by atoms with Crippen LogP contribution in [0.3, 0.4) is 0 Å². The van der Waals surface area contributed by atoms with Gasteiger partial charge in [-0.25, -0.2) is 0 Å². The molecule has 2 heteroatoms. The van der Waals surface area contributed by atoms with Gasteiger partial charge in [-0.15, -0.1) is 0 Å². The average molecular weight is 220 g/mol. The number of hydrogen-bond donors (Lipinski definition) is 0. The van der Waals surface area contributed by atoms with E-state index in [2.05, 4.69) is 40.7 Å². The minimum Gasteiger partial charge on any atom is -0.286 e. The molecule has 1 aromatic carbocycles. The van der Waals surface area contributed by atoms with Crippen LogP contribution in [0.5, 0.6) is 0 Å². The highest BCUT2D eigenvalue weighted by molar-refractivity contribution is 5.78. The van der Waals surface area contributed by atoms with Crippen molar-refractivity contribution < 1.29 is 9.15 Å². The molecule has 0 radical (unpaired) electrons. The molecule has 0 N–H and O–H groups in total. The van der Waals surface area contributed by atoms with Crippen LogP contribution in [-0.4, -0.2) is 0 Å². The smallest absolute Gasteiger partial charge is 0.229 e. The van der Waals surface area contributed by atoms with Gasteiger partial charge in [0.05, 0.1) is 0 Å². The molecule has 0 saturated heterocycles. The first-order chi connectivity index (χ1) is 7.47. The van der Waals surface area contributed by atoms with E-state index < -0.39 is 0 Å². The SMILES string of the molecule is CCC(C)(C)c1c(C(C)C)ccc2ooc12. The largest absolute Gasteiger partial charge is 0.286 e. The molecule has 1 aromatic heterocycles. The molecule has 0 spiro atoms. The minimum atomic E-state index is 0.134. The van der Waals surface area contributed by atoms with Gasteiger partial charge in [0, 0.05) is 5.56 Å². The average Bonchev–Trinajstić information content (AvgIpc) is 2.18. The fourth-order valence-corrected chi connectivity index (χ4v) is 2.14. The molecule has 0 fully saturated rings. The topological polar surface area (TPSA) is 26.3 Å². The Hall–Kier alpha value is -1.18. The number of rotatable bonds is 3. The van der Waals surface area contributed by atoms with E-state index in [1.165, 1.54) is 11.1 Å². The molecule has 0 aliphatic rings. The molecule has 0 atom stereocenters. The maximum absolute atomic E-state index is 5.19. The molecule has 0 bridgehead atoms. The summed E-state index contributed by atoms with van der Waals surface area (Å²) in [5.74, 6) is 0.510. The van der Waals surface area contributed by atoms with Crippen LogP contribution in [0.2, 0.25) is 0 Å². The van der Waals surface area contributed by atoms with Gasteiger partial charge in [0.2, 0.25) is 11.2 Å². The van der Waals surface area contributed by atoms with Crippen molar-refractivity contribution in [3.05, 3.63) is 23.3 Å². The summed E-state index contributed by atoms with van der Waals surface area (Å²) in [5, 5.41) is 0. The highest BCUT2D eigenvalue weighted by atomic mass is 17.0. The molecule has 0 saturated carbocycles. The molecule has 16 heavy (non-hydrogen) atoms. The first-order valence-electron chi connectivity index (χ1n) is 5.99. The summed E-state index contributed by atoms with van der Waals surface area (Å²) in [6.45, 7) is 11.2. The van der Waals surface area contributed by atoms with Gasteiger partial charge in [0.25, 0.3) is 0 Å². The van der Waals surface area contributed by atoms with Gasteiger partial charge in [0.1, 0.15) is 0 Å². The van der Waals surface area contributed by atoms with E-state index >= 15 is 0 Å². The molecule has 0 aliphatic carbocycles. The van der Waals surface area contributed by atoms with E-state index in [0.29, 0.717) is 5.92 Å². The Bertz CT molecular complexity index is 486. The lowest BCUT2D eigenvalue weighted by molar-refractivity contribution is 0.0569.